The van der Waals surface area contributed by atoms with Gasteiger partial charge in [-0.15, -0.1) is 0 Å². The maximum absolute atomic E-state index is 6.37. The molecule has 2 bridgehead atoms. The Kier molecular flexibility index (Phi) is 17.2. The van der Waals surface area contributed by atoms with E-state index in [0.29, 0.717) is 0 Å². The van der Waals surface area contributed by atoms with Crippen molar-refractivity contribution in [2.24, 2.45) is 0 Å². The molecule has 0 saturated carbocycles. The zero-order valence-electron chi connectivity index (χ0n) is 41.1. The molecule has 0 amide bonds. The van der Waals surface area contributed by atoms with Crippen molar-refractivity contribution >= 4 is 25.2 Å². The van der Waals surface area contributed by atoms with Crippen LogP contribution in [0.15, 0.2) is 48.5 Å². The fourth-order valence-corrected chi connectivity index (χ4v) is 8.47. The monoisotopic (exact) mass is 859 g/mol. The molecule has 0 aromatic heterocycles. The van der Waals surface area contributed by atoms with Gasteiger partial charge in [0.1, 0.15) is 0 Å². The van der Waals surface area contributed by atoms with E-state index in [-0.39, 0.29) is 36.6 Å². The number of likely N-dealkylation sites (N-methyl/N-ethyl adjacent to an activating group) is 4. The van der Waals surface area contributed by atoms with Crippen molar-refractivity contribution in [2.45, 2.75) is 90.9 Å². The topological polar surface area (TPSA) is 62.8 Å². The van der Waals surface area contributed by atoms with Crippen LogP contribution in [0, 0.1) is 0 Å². The Morgan fingerprint density at radius 1 is 0.355 bits per heavy atom. The van der Waals surface area contributed by atoms with Crippen LogP contribution in [0.25, 0.3) is 0 Å². The molecule has 0 N–H and O–H groups in total. The number of nitrogens with zero attached hydrogens (tertiary/aromatic N) is 8. The summed E-state index contributed by atoms with van der Waals surface area (Å²) in [5.41, 5.74) is 3.47. The van der Waals surface area contributed by atoms with Gasteiger partial charge in [0.25, 0.3) is 0 Å². The van der Waals surface area contributed by atoms with E-state index in [1.807, 2.05) is 0 Å². The molecule has 346 valence electrons. The third kappa shape index (κ3) is 13.8. The fourth-order valence-electron chi connectivity index (χ4n) is 8.47. The summed E-state index contributed by atoms with van der Waals surface area (Å²) in [4.78, 5) is 21.0. The van der Waals surface area contributed by atoms with Crippen LogP contribution >= 0.6 is 0 Å². The molecule has 14 heteroatoms. The van der Waals surface area contributed by atoms with Crippen molar-refractivity contribution < 1.29 is 18.6 Å². The van der Waals surface area contributed by atoms with E-state index < -0.39 is 0 Å². The van der Waals surface area contributed by atoms with Gasteiger partial charge in [-0.2, -0.15) is 0 Å². The van der Waals surface area contributed by atoms with Gasteiger partial charge in [-0.25, -0.2) is 0 Å². The van der Waals surface area contributed by atoms with E-state index in [9.17, 15) is 0 Å². The van der Waals surface area contributed by atoms with Crippen LogP contribution in [0.2, 0.25) is 0 Å². The van der Waals surface area contributed by atoms with Gasteiger partial charge in [0.05, 0.1) is 22.4 Å². The first-order valence-electron chi connectivity index (χ1n) is 23.8. The number of fused-ring (bicyclic) bond motifs is 21. The summed E-state index contributed by atoms with van der Waals surface area (Å²) in [6.45, 7) is 37.9. The molecule has 5 fully saturated rings. The molecule has 5 heterocycles. The average Bonchev–Trinajstić information content (AvgIpc) is 3.58. The Morgan fingerprint density at radius 3 is 0.871 bits per heavy atom. The van der Waals surface area contributed by atoms with Gasteiger partial charge in [0.2, 0.25) is 0 Å². The predicted molar refractivity (Wildman–Crippen MR) is 258 cm³/mol. The summed E-state index contributed by atoms with van der Waals surface area (Å²) >= 11 is 0. The maximum Gasteiger partial charge on any atom is 0.494 e. The van der Waals surface area contributed by atoms with Crippen molar-refractivity contribution in [3.63, 3.8) is 0 Å². The second-order valence-electron chi connectivity index (χ2n) is 21.1. The quantitative estimate of drug-likeness (QED) is 0.402. The van der Waals surface area contributed by atoms with E-state index in [1.165, 1.54) is 11.1 Å². The highest BCUT2D eigenvalue weighted by molar-refractivity contribution is 6.62. The van der Waals surface area contributed by atoms with Gasteiger partial charge in [-0.1, -0.05) is 48.5 Å². The predicted octanol–water partition coefficient (Wildman–Crippen LogP) is 2.95. The summed E-state index contributed by atoms with van der Waals surface area (Å²) in [5.74, 6) is 0. The van der Waals surface area contributed by atoms with Crippen LogP contribution in [0.5, 0.6) is 0 Å². The minimum absolute atomic E-state index is 0.334. The fraction of sp³-hybridized carbons (Fsp3) is 0.750. The van der Waals surface area contributed by atoms with Crippen LogP contribution in [-0.2, 0) is 31.7 Å². The lowest BCUT2D eigenvalue weighted by Gasteiger charge is -2.34. The summed E-state index contributed by atoms with van der Waals surface area (Å²) in [7, 11) is 8.57. The molecular weight excluding hydrogens is 774 g/mol. The Morgan fingerprint density at radius 2 is 0.581 bits per heavy atom. The second kappa shape index (κ2) is 21.6. The van der Waals surface area contributed by atoms with Gasteiger partial charge in [-0.05, 0) is 106 Å². The molecule has 2 unspecified atom stereocenters. The van der Waals surface area contributed by atoms with Crippen molar-refractivity contribution in [2.75, 3.05) is 146 Å². The van der Waals surface area contributed by atoms with Crippen molar-refractivity contribution in [1.82, 2.24) is 39.2 Å². The molecule has 0 aliphatic carbocycles. The zero-order valence-corrected chi connectivity index (χ0v) is 41.1. The average molecular weight is 859 g/mol. The molecule has 2 atom stereocenters. The lowest BCUT2D eigenvalue weighted by molar-refractivity contribution is 0.00578. The van der Waals surface area contributed by atoms with Gasteiger partial charge in [0, 0.05) is 131 Å². The Hall–Kier alpha value is -1.91. The van der Waals surface area contributed by atoms with Gasteiger partial charge in [-0.3, -0.25) is 19.6 Å². The number of benzene rings is 2. The molecule has 62 heavy (non-hydrogen) atoms. The third-order valence-electron chi connectivity index (χ3n) is 14.9. The van der Waals surface area contributed by atoms with Crippen molar-refractivity contribution in [3.8, 4) is 0 Å². The van der Waals surface area contributed by atoms with Gasteiger partial charge < -0.3 is 38.2 Å². The largest absolute Gasteiger partial charge is 0.494 e. The Labute approximate surface area is 378 Å². The highest BCUT2D eigenvalue weighted by Gasteiger charge is 2.52. The van der Waals surface area contributed by atoms with E-state index in [0.717, 1.165) is 142 Å². The van der Waals surface area contributed by atoms with Crippen LogP contribution in [0.1, 0.15) is 66.5 Å². The lowest BCUT2D eigenvalue weighted by Crippen LogP contribution is -2.47. The van der Waals surface area contributed by atoms with Crippen LogP contribution in [0.4, 0.5) is 0 Å². The minimum Gasteiger partial charge on any atom is -0.399 e. The summed E-state index contributed by atoms with van der Waals surface area (Å²) in [6, 6.07) is 18.0. The first-order chi connectivity index (χ1) is 29.3. The molecule has 5 saturated heterocycles. The van der Waals surface area contributed by atoms with E-state index >= 15 is 0 Å². The van der Waals surface area contributed by atoms with E-state index in [4.69, 9.17) is 18.6 Å². The van der Waals surface area contributed by atoms with E-state index in [2.05, 4.69) is 171 Å². The number of hydrogen-bond acceptors (Lipinski definition) is 12. The normalized spacial score (nSPS) is 27.7. The standard InChI is InChI=1S/C48H84B2N8O4/c1-45(2)46(3,4)60-49(59-45)43-17-13-41(14-18-43)39-57-33-27-53(11)25-32-56-30-24-52(10)22-21-51(9)23-29-55(35-37-57)31-26-54(12)28-34-58(38-36-56)40-42-15-19-44(20-16-42)50-61-47(5,6)48(7,8)62-50/h13-20H,21-40H2,1-12H3. The molecule has 5 aliphatic rings. The molecule has 7 rings (SSSR count). The molecular formula is C48H84B2N8O4. The first-order valence-corrected chi connectivity index (χ1v) is 23.8. The SMILES string of the molecule is CN1CCN(C)CCN2CCN(C)CCN(Cc3ccc(B4OC(C)(C)C(C)(C)O4)cc3)CCN(CC1)CCN(C)CCN(Cc1ccc(B3OC(C)(C)C(C)(C)O3)cc1)CC2. The molecule has 12 nitrogen and oxygen atoms in total. The summed E-state index contributed by atoms with van der Waals surface area (Å²) in [5, 5.41) is 0. The maximum atomic E-state index is 6.37. The molecule has 0 spiro atoms. The highest BCUT2D eigenvalue weighted by Crippen LogP contribution is 2.37. The number of rotatable bonds is 6. The van der Waals surface area contributed by atoms with Crippen LogP contribution in [0.3, 0.4) is 0 Å². The van der Waals surface area contributed by atoms with Crippen molar-refractivity contribution in [3.05, 3.63) is 59.7 Å². The Bertz CT molecular complexity index is 1510. The van der Waals surface area contributed by atoms with Crippen LogP contribution < -0.4 is 10.9 Å². The minimum atomic E-state index is -0.345. The zero-order chi connectivity index (χ0) is 44.7. The van der Waals surface area contributed by atoms with Crippen molar-refractivity contribution in [1.29, 1.82) is 0 Å². The molecule has 0 radical (unpaired) electrons. The molecule has 2 aromatic carbocycles. The van der Waals surface area contributed by atoms with Gasteiger partial charge in [0.15, 0.2) is 0 Å². The second-order valence-corrected chi connectivity index (χ2v) is 21.1. The number of hydrogen-bond donors (Lipinski definition) is 0. The smallest absolute Gasteiger partial charge is 0.399 e. The molecule has 2 aromatic rings. The third-order valence-corrected chi connectivity index (χ3v) is 14.9. The first kappa shape index (κ1) is 49.5. The molecule has 5 aliphatic heterocycles. The highest BCUT2D eigenvalue weighted by atomic mass is 16.7. The lowest BCUT2D eigenvalue weighted by atomic mass is 9.79. The van der Waals surface area contributed by atoms with E-state index in [1.54, 1.807) is 0 Å². The van der Waals surface area contributed by atoms with Crippen LogP contribution in [-0.4, -0.2) is 222 Å². The Balaban J connectivity index is 1.15. The summed E-state index contributed by atoms with van der Waals surface area (Å²) < 4.78 is 25.5. The van der Waals surface area contributed by atoms with Gasteiger partial charge >= 0.3 is 14.2 Å². The summed E-state index contributed by atoms with van der Waals surface area (Å²) in [6.07, 6.45) is 0.